The second-order valence-electron chi connectivity index (χ2n) is 7.38. The van der Waals surface area contributed by atoms with Crippen molar-refractivity contribution in [2.75, 3.05) is 29.9 Å². The van der Waals surface area contributed by atoms with Crippen molar-refractivity contribution in [3.8, 4) is 23.5 Å². The molecule has 3 aromatic rings. The monoisotopic (exact) mass is 432 g/mol. The van der Waals surface area contributed by atoms with Gasteiger partial charge in [-0.15, -0.1) is 17.8 Å². The second kappa shape index (κ2) is 9.65. The fourth-order valence-corrected chi connectivity index (χ4v) is 4.26. The maximum absolute atomic E-state index is 12.3. The molecule has 1 atom stereocenters. The highest BCUT2D eigenvalue weighted by Gasteiger charge is 2.16. The third-order valence-corrected chi connectivity index (χ3v) is 6.09. The SMILES string of the molecule is C#Cc1nc(NC(=O)NC(CO)c2ccc(-c3cccc(N4CCCC4)c3)cc2)cs1. The number of amides is 2. The number of hydrogen-bond donors (Lipinski definition) is 3. The lowest BCUT2D eigenvalue weighted by molar-refractivity contribution is 0.225. The molecule has 0 spiro atoms. The van der Waals surface area contributed by atoms with Gasteiger partial charge in [-0.25, -0.2) is 9.78 Å². The van der Waals surface area contributed by atoms with Crippen LogP contribution in [0.3, 0.4) is 0 Å². The fraction of sp³-hybridized carbons (Fsp3) is 0.250. The summed E-state index contributed by atoms with van der Waals surface area (Å²) in [5, 5.41) is 17.4. The van der Waals surface area contributed by atoms with Gasteiger partial charge in [0.1, 0.15) is 5.82 Å². The first-order chi connectivity index (χ1) is 15.2. The molecule has 2 heterocycles. The smallest absolute Gasteiger partial charge is 0.320 e. The van der Waals surface area contributed by atoms with Crippen LogP contribution in [0.2, 0.25) is 0 Å². The number of urea groups is 1. The predicted molar refractivity (Wildman–Crippen MR) is 125 cm³/mol. The Morgan fingerprint density at radius 1 is 1.19 bits per heavy atom. The number of hydrogen-bond acceptors (Lipinski definition) is 5. The van der Waals surface area contributed by atoms with Gasteiger partial charge >= 0.3 is 6.03 Å². The Hall–Kier alpha value is -3.34. The zero-order valence-electron chi connectivity index (χ0n) is 17.0. The molecular formula is C24H24N4O2S. The highest BCUT2D eigenvalue weighted by molar-refractivity contribution is 7.10. The molecule has 0 aliphatic carbocycles. The Morgan fingerprint density at radius 3 is 2.65 bits per heavy atom. The van der Waals surface area contributed by atoms with Crippen molar-refractivity contribution < 1.29 is 9.90 Å². The molecule has 0 saturated carbocycles. The minimum atomic E-state index is -0.532. The number of terminal acetylenes is 1. The van der Waals surface area contributed by atoms with E-state index in [1.807, 2.05) is 24.3 Å². The van der Waals surface area contributed by atoms with Crippen molar-refractivity contribution in [1.29, 1.82) is 0 Å². The molecule has 1 saturated heterocycles. The van der Waals surface area contributed by atoms with Crippen LogP contribution in [0.25, 0.3) is 11.1 Å². The zero-order valence-corrected chi connectivity index (χ0v) is 17.9. The molecule has 158 valence electrons. The average molecular weight is 433 g/mol. The first-order valence-corrected chi connectivity index (χ1v) is 11.1. The average Bonchev–Trinajstić information content (AvgIpc) is 3.50. The fourth-order valence-electron chi connectivity index (χ4n) is 3.71. The van der Waals surface area contributed by atoms with Crippen molar-refractivity contribution in [2.24, 2.45) is 0 Å². The Balaban J connectivity index is 1.43. The largest absolute Gasteiger partial charge is 0.394 e. The van der Waals surface area contributed by atoms with Crippen LogP contribution < -0.4 is 15.5 Å². The van der Waals surface area contributed by atoms with Gasteiger partial charge in [0.15, 0.2) is 5.01 Å². The van der Waals surface area contributed by atoms with Gasteiger partial charge in [-0.2, -0.15) is 0 Å². The summed E-state index contributed by atoms with van der Waals surface area (Å²) in [5.74, 6) is 2.82. The van der Waals surface area contributed by atoms with E-state index in [4.69, 9.17) is 6.42 Å². The van der Waals surface area contributed by atoms with Crippen molar-refractivity contribution in [3.05, 3.63) is 64.5 Å². The van der Waals surface area contributed by atoms with Crippen LogP contribution in [0.15, 0.2) is 53.9 Å². The van der Waals surface area contributed by atoms with Crippen LogP contribution >= 0.6 is 11.3 Å². The van der Waals surface area contributed by atoms with E-state index in [9.17, 15) is 9.90 Å². The summed E-state index contributed by atoms with van der Waals surface area (Å²) in [6, 6.07) is 15.5. The van der Waals surface area contributed by atoms with Gasteiger partial charge in [-0.3, -0.25) is 5.32 Å². The number of aliphatic hydroxyl groups is 1. The number of nitrogens with zero attached hydrogens (tertiary/aromatic N) is 2. The topological polar surface area (TPSA) is 77.5 Å². The highest BCUT2D eigenvalue weighted by Crippen LogP contribution is 2.28. The van der Waals surface area contributed by atoms with Gasteiger partial charge in [0.25, 0.3) is 0 Å². The maximum atomic E-state index is 12.3. The molecule has 31 heavy (non-hydrogen) atoms. The first-order valence-electron chi connectivity index (χ1n) is 10.2. The van der Waals surface area contributed by atoms with Crippen molar-refractivity contribution in [2.45, 2.75) is 18.9 Å². The number of aromatic nitrogens is 1. The number of benzene rings is 2. The molecule has 6 nitrogen and oxygen atoms in total. The normalized spacial score (nSPS) is 14.1. The number of aliphatic hydroxyl groups excluding tert-OH is 1. The molecular weight excluding hydrogens is 408 g/mol. The Bertz CT molecular complexity index is 1080. The van der Waals surface area contributed by atoms with Crippen LogP contribution in [-0.4, -0.2) is 35.8 Å². The van der Waals surface area contributed by atoms with Crippen LogP contribution in [0, 0.1) is 12.3 Å². The summed E-state index contributed by atoms with van der Waals surface area (Å²) >= 11 is 1.28. The van der Waals surface area contributed by atoms with Crippen molar-refractivity contribution >= 4 is 28.9 Å². The summed E-state index contributed by atoms with van der Waals surface area (Å²) in [5.41, 5.74) is 4.31. The minimum Gasteiger partial charge on any atom is -0.394 e. The third kappa shape index (κ3) is 5.05. The van der Waals surface area contributed by atoms with Gasteiger partial charge < -0.3 is 15.3 Å². The van der Waals surface area contributed by atoms with E-state index < -0.39 is 12.1 Å². The van der Waals surface area contributed by atoms with E-state index in [1.54, 1.807) is 5.38 Å². The van der Waals surface area contributed by atoms with Crippen LogP contribution in [0.1, 0.15) is 29.5 Å². The van der Waals surface area contributed by atoms with E-state index in [0.717, 1.165) is 29.8 Å². The molecule has 3 N–H and O–H groups in total. The number of anilines is 2. The molecule has 1 unspecified atom stereocenters. The summed E-state index contributed by atoms with van der Waals surface area (Å²) in [7, 11) is 0. The van der Waals surface area contributed by atoms with Crippen molar-refractivity contribution in [3.63, 3.8) is 0 Å². The molecule has 2 amide bonds. The van der Waals surface area contributed by atoms with Gasteiger partial charge in [0.2, 0.25) is 0 Å². The molecule has 1 fully saturated rings. The van der Waals surface area contributed by atoms with Crippen LogP contribution in [0.5, 0.6) is 0 Å². The summed E-state index contributed by atoms with van der Waals surface area (Å²) in [6.45, 7) is 2.00. The van der Waals surface area contributed by atoms with E-state index in [2.05, 4.69) is 50.7 Å². The van der Waals surface area contributed by atoms with Gasteiger partial charge in [-0.1, -0.05) is 36.4 Å². The maximum Gasteiger partial charge on any atom is 0.320 e. The van der Waals surface area contributed by atoms with E-state index in [0.29, 0.717) is 10.8 Å². The standard InChI is InChI=1S/C24H24N4O2S/c1-2-23-26-22(16-31-23)27-24(30)25-21(15-29)18-10-8-17(9-11-18)19-6-5-7-20(14-19)28-12-3-4-13-28/h1,5-11,14,16,21,29H,3-4,12-13,15H2,(H2,25,27,30). The summed E-state index contributed by atoms with van der Waals surface area (Å²) in [4.78, 5) is 18.8. The third-order valence-electron chi connectivity index (χ3n) is 5.32. The van der Waals surface area contributed by atoms with E-state index in [1.165, 1.54) is 29.9 Å². The van der Waals surface area contributed by atoms with Crippen LogP contribution in [0.4, 0.5) is 16.3 Å². The first kappa shape index (κ1) is 20.9. The molecule has 0 bridgehead atoms. The molecule has 4 rings (SSSR count). The number of carbonyl (C=O) groups is 1. The molecule has 7 heteroatoms. The van der Waals surface area contributed by atoms with E-state index in [-0.39, 0.29) is 6.61 Å². The van der Waals surface area contributed by atoms with Crippen molar-refractivity contribution in [1.82, 2.24) is 10.3 Å². The molecule has 2 aromatic carbocycles. The van der Waals surface area contributed by atoms with Gasteiger partial charge in [0, 0.05) is 24.2 Å². The quantitative estimate of drug-likeness (QED) is 0.509. The Kier molecular flexibility index (Phi) is 6.51. The lowest BCUT2D eigenvalue weighted by Gasteiger charge is -2.19. The number of thiazole rings is 1. The van der Waals surface area contributed by atoms with Gasteiger partial charge in [-0.05, 0) is 47.6 Å². The number of rotatable bonds is 6. The second-order valence-corrected chi connectivity index (χ2v) is 8.24. The lowest BCUT2D eigenvalue weighted by atomic mass is 10.0. The number of nitrogens with one attached hydrogen (secondary N) is 2. The highest BCUT2D eigenvalue weighted by atomic mass is 32.1. The zero-order chi connectivity index (χ0) is 21.6. The lowest BCUT2D eigenvalue weighted by Crippen LogP contribution is -2.34. The molecule has 0 radical (unpaired) electrons. The van der Waals surface area contributed by atoms with Crippen LogP contribution in [-0.2, 0) is 0 Å². The molecule has 1 aliphatic rings. The predicted octanol–water partition coefficient (Wildman–Crippen LogP) is 4.25. The molecule has 1 aliphatic heterocycles. The Morgan fingerprint density at radius 2 is 1.97 bits per heavy atom. The molecule has 1 aromatic heterocycles. The summed E-state index contributed by atoms with van der Waals surface area (Å²) in [6.07, 6.45) is 7.79. The van der Waals surface area contributed by atoms with Gasteiger partial charge in [0.05, 0.1) is 12.6 Å². The Labute approximate surface area is 185 Å². The number of carbonyl (C=O) groups excluding carboxylic acids is 1. The summed E-state index contributed by atoms with van der Waals surface area (Å²) < 4.78 is 0. The minimum absolute atomic E-state index is 0.218. The van der Waals surface area contributed by atoms with E-state index >= 15 is 0 Å².